The number of fused-ring (bicyclic) bond motifs is 1. The Labute approximate surface area is 201 Å². The molecule has 0 aliphatic heterocycles. The van der Waals surface area contributed by atoms with Crippen molar-refractivity contribution in [2.75, 3.05) is 0 Å². The van der Waals surface area contributed by atoms with Gasteiger partial charge in [-0.1, -0.05) is 72.4 Å². The van der Waals surface area contributed by atoms with Crippen LogP contribution in [-0.4, -0.2) is 26.8 Å². The predicted octanol–water partition coefficient (Wildman–Crippen LogP) is 5.28. The minimum absolute atomic E-state index is 0.0499. The number of hydrogen-bond acceptors (Lipinski definition) is 5. The highest BCUT2D eigenvalue weighted by Gasteiger charge is 2.21. The van der Waals surface area contributed by atoms with E-state index < -0.39 is 0 Å². The monoisotopic (exact) mass is 477 g/mol. The molecule has 1 N–H and O–H groups in total. The van der Waals surface area contributed by atoms with Crippen LogP contribution in [0.4, 0.5) is 0 Å². The van der Waals surface area contributed by atoms with E-state index in [1.165, 1.54) is 28.7 Å². The van der Waals surface area contributed by atoms with E-state index in [-0.39, 0.29) is 22.8 Å². The topological polar surface area (TPSA) is 64.0 Å². The number of rotatable bonds is 8. The summed E-state index contributed by atoms with van der Waals surface area (Å²) in [5.74, 6) is -0.0499. The van der Waals surface area contributed by atoms with Crippen molar-refractivity contribution >= 4 is 39.2 Å². The van der Waals surface area contributed by atoms with Gasteiger partial charge in [0.1, 0.15) is 4.83 Å². The predicted molar refractivity (Wildman–Crippen MR) is 138 cm³/mol. The van der Waals surface area contributed by atoms with Crippen LogP contribution in [0, 0.1) is 0 Å². The average molecular weight is 478 g/mol. The van der Waals surface area contributed by atoms with Gasteiger partial charge in [0.15, 0.2) is 5.16 Å². The van der Waals surface area contributed by atoms with E-state index in [0.29, 0.717) is 15.4 Å². The smallest absolute Gasteiger partial charge is 0.263 e. The largest absolute Gasteiger partial charge is 0.353 e. The van der Waals surface area contributed by atoms with Crippen LogP contribution >= 0.6 is 23.1 Å². The van der Waals surface area contributed by atoms with Crippen molar-refractivity contribution in [3.05, 3.63) is 82.0 Å². The summed E-state index contributed by atoms with van der Waals surface area (Å²) in [7, 11) is 1.72. The fraction of sp³-hybridized carbons (Fsp3) is 0.269. The fourth-order valence-corrected chi connectivity index (χ4v) is 5.53. The number of carbonyl (C=O) groups excluding carboxylic acids is 1. The molecule has 4 aromatic rings. The molecule has 2 atom stereocenters. The van der Waals surface area contributed by atoms with Gasteiger partial charge in [0.05, 0.1) is 10.6 Å². The number of nitrogens with zero attached hydrogens (tertiary/aromatic N) is 2. The minimum Gasteiger partial charge on any atom is -0.353 e. The van der Waals surface area contributed by atoms with Gasteiger partial charge >= 0.3 is 0 Å². The third-order valence-electron chi connectivity index (χ3n) is 5.61. The third kappa shape index (κ3) is 5.37. The van der Waals surface area contributed by atoms with Crippen molar-refractivity contribution in [3.63, 3.8) is 0 Å². The van der Waals surface area contributed by atoms with E-state index in [1.54, 1.807) is 11.6 Å². The molecule has 4 rings (SSSR count). The van der Waals surface area contributed by atoms with E-state index >= 15 is 0 Å². The maximum Gasteiger partial charge on any atom is 0.263 e. The van der Waals surface area contributed by atoms with Crippen molar-refractivity contribution in [1.82, 2.24) is 14.9 Å². The number of amides is 1. The minimum atomic E-state index is -0.367. The summed E-state index contributed by atoms with van der Waals surface area (Å²) in [6.07, 6.45) is 1.78. The summed E-state index contributed by atoms with van der Waals surface area (Å²) in [6.45, 7) is 3.87. The number of thiophene rings is 1. The molecule has 2 aromatic carbocycles. The Hall–Kier alpha value is -2.90. The van der Waals surface area contributed by atoms with Crippen LogP contribution in [0.5, 0.6) is 0 Å². The van der Waals surface area contributed by atoms with Crippen LogP contribution in [0.2, 0.25) is 0 Å². The lowest BCUT2D eigenvalue weighted by molar-refractivity contribution is -0.120. The summed E-state index contributed by atoms with van der Waals surface area (Å²) in [5.41, 5.74) is 3.07. The van der Waals surface area contributed by atoms with Crippen LogP contribution < -0.4 is 10.9 Å². The molecule has 2 heterocycles. The molecular weight excluding hydrogens is 450 g/mol. The van der Waals surface area contributed by atoms with E-state index in [1.807, 2.05) is 67.8 Å². The number of benzene rings is 2. The Kier molecular flexibility index (Phi) is 7.30. The quantitative estimate of drug-likeness (QED) is 0.277. The van der Waals surface area contributed by atoms with Crippen LogP contribution in [0.1, 0.15) is 25.8 Å². The van der Waals surface area contributed by atoms with Crippen LogP contribution in [0.15, 0.2) is 76.0 Å². The molecule has 33 heavy (non-hydrogen) atoms. The average Bonchev–Trinajstić information content (AvgIpc) is 3.26. The third-order valence-corrected chi connectivity index (χ3v) is 7.62. The van der Waals surface area contributed by atoms with Gasteiger partial charge in [0, 0.05) is 24.0 Å². The number of aryl methyl sites for hydroxylation is 1. The molecule has 0 fully saturated rings. The summed E-state index contributed by atoms with van der Waals surface area (Å²) in [5, 5.41) is 5.89. The first-order chi connectivity index (χ1) is 15.9. The second-order valence-corrected chi connectivity index (χ2v) is 10.3. The molecule has 0 unspecified atom stereocenters. The summed E-state index contributed by atoms with van der Waals surface area (Å²) < 4.78 is 1.55. The van der Waals surface area contributed by atoms with Gasteiger partial charge in [-0.3, -0.25) is 14.2 Å². The highest BCUT2D eigenvalue weighted by molar-refractivity contribution is 8.00. The lowest BCUT2D eigenvalue weighted by atomic mass is 10.1. The van der Waals surface area contributed by atoms with Gasteiger partial charge in [-0.25, -0.2) is 4.98 Å². The van der Waals surface area contributed by atoms with E-state index in [2.05, 4.69) is 17.4 Å². The Morgan fingerprint density at radius 1 is 1.09 bits per heavy atom. The number of aromatic nitrogens is 2. The first-order valence-electron chi connectivity index (χ1n) is 11.0. The first-order valence-corrected chi connectivity index (χ1v) is 12.7. The highest BCUT2D eigenvalue weighted by atomic mass is 32.2. The highest BCUT2D eigenvalue weighted by Crippen LogP contribution is 2.32. The fourth-order valence-electron chi connectivity index (χ4n) is 3.66. The molecule has 0 aliphatic carbocycles. The molecular formula is C26H27N3O2S2. The molecule has 0 saturated heterocycles. The zero-order valence-electron chi connectivity index (χ0n) is 18.9. The summed E-state index contributed by atoms with van der Waals surface area (Å²) in [6, 6.07) is 20.2. The zero-order chi connectivity index (χ0) is 23.4. The first kappa shape index (κ1) is 23.3. The van der Waals surface area contributed by atoms with Crippen LogP contribution in [0.3, 0.4) is 0 Å². The summed E-state index contributed by atoms with van der Waals surface area (Å²) in [4.78, 5) is 31.4. The molecule has 0 radical (unpaired) electrons. The molecule has 7 heteroatoms. The number of hydrogen-bond donors (Lipinski definition) is 1. The van der Waals surface area contributed by atoms with Crippen LogP contribution in [-0.2, 0) is 18.3 Å². The molecule has 0 spiro atoms. The lowest BCUT2D eigenvalue weighted by Crippen LogP contribution is -2.38. The normalized spacial score (nSPS) is 13.1. The number of thioether (sulfide) groups is 1. The van der Waals surface area contributed by atoms with Crippen LogP contribution in [0.25, 0.3) is 21.3 Å². The van der Waals surface area contributed by atoms with Gasteiger partial charge in [0.25, 0.3) is 5.56 Å². The lowest BCUT2D eigenvalue weighted by Gasteiger charge is -2.18. The Bertz CT molecular complexity index is 1300. The Balaban J connectivity index is 1.45. The molecule has 0 bridgehead atoms. The Morgan fingerprint density at radius 3 is 2.45 bits per heavy atom. The van der Waals surface area contributed by atoms with Crippen molar-refractivity contribution < 1.29 is 4.79 Å². The van der Waals surface area contributed by atoms with E-state index in [9.17, 15) is 9.59 Å². The molecule has 0 saturated carbocycles. The van der Waals surface area contributed by atoms with Gasteiger partial charge in [-0.05, 0) is 37.8 Å². The number of nitrogens with one attached hydrogen (secondary N) is 1. The standard InChI is InChI=1S/C26H27N3O2S2/c1-17(14-15-19-10-6-4-7-11-19)27-23(30)18(2)33-26-28-24-22(25(31)29(26)3)21(16-32-24)20-12-8-5-9-13-20/h4-13,16-18H,14-15H2,1-3H3,(H,27,30)/t17-,18+/m0/s1. The SMILES string of the molecule is C[C@@H](CCc1ccccc1)NC(=O)[C@@H](C)Sc1nc2scc(-c3ccccc3)c2c(=O)n1C. The second-order valence-electron chi connectivity index (χ2n) is 8.15. The second kappa shape index (κ2) is 10.4. The van der Waals surface area contributed by atoms with Gasteiger partial charge in [0.2, 0.25) is 5.91 Å². The number of carbonyl (C=O) groups is 1. The van der Waals surface area contributed by atoms with Crippen molar-refractivity contribution in [1.29, 1.82) is 0 Å². The van der Waals surface area contributed by atoms with Gasteiger partial charge in [-0.15, -0.1) is 11.3 Å². The molecule has 170 valence electrons. The zero-order valence-corrected chi connectivity index (χ0v) is 20.6. The molecule has 5 nitrogen and oxygen atoms in total. The Morgan fingerprint density at radius 2 is 1.76 bits per heavy atom. The van der Waals surface area contributed by atoms with Gasteiger partial charge < -0.3 is 5.32 Å². The van der Waals surface area contributed by atoms with Crippen molar-refractivity contribution in [3.8, 4) is 11.1 Å². The molecule has 0 aliphatic rings. The van der Waals surface area contributed by atoms with Crippen molar-refractivity contribution in [2.24, 2.45) is 7.05 Å². The summed E-state index contributed by atoms with van der Waals surface area (Å²) >= 11 is 2.77. The maximum atomic E-state index is 13.2. The molecule has 1 amide bonds. The molecule has 2 aromatic heterocycles. The van der Waals surface area contributed by atoms with Crippen molar-refractivity contribution in [2.45, 2.75) is 43.1 Å². The maximum absolute atomic E-state index is 13.2. The van der Waals surface area contributed by atoms with Gasteiger partial charge in [-0.2, -0.15) is 0 Å². The van der Waals surface area contributed by atoms with E-state index in [0.717, 1.165) is 24.0 Å². The van der Waals surface area contributed by atoms with E-state index in [4.69, 9.17) is 4.98 Å².